The van der Waals surface area contributed by atoms with Gasteiger partial charge in [-0.15, -0.1) is 0 Å². The van der Waals surface area contributed by atoms with Crippen molar-refractivity contribution in [3.63, 3.8) is 0 Å². The second-order valence-corrected chi connectivity index (χ2v) is 33.6. The minimum atomic E-state index is -0.789. The summed E-state index contributed by atoms with van der Waals surface area (Å²) in [5.74, 6) is -0.368. The van der Waals surface area contributed by atoms with Gasteiger partial charge in [0.2, 0.25) is 12.8 Å². The fraction of sp³-hybridized carbons (Fsp3) is 0.659. The van der Waals surface area contributed by atoms with Crippen LogP contribution in [0.3, 0.4) is 0 Å². The van der Waals surface area contributed by atoms with Crippen LogP contribution in [-0.4, -0.2) is 90.0 Å². The lowest BCUT2D eigenvalue weighted by atomic mass is 10.0. The Hall–Kier alpha value is -6.21. The number of nitrogens with one attached hydrogen (secondary N) is 1. The van der Waals surface area contributed by atoms with E-state index in [4.69, 9.17) is 66.3 Å². The third-order valence-electron chi connectivity index (χ3n) is 21.3. The van der Waals surface area contributed by atoms with E-state index in [1.807, 2.05) is 21.8 Å². The van der Waals surface area contributed by atoms with Crippen molar-refractivity contribution in [2.24, 2.45) is 0 Å². The third-order valence-corrected chi connectivity index (χ3v) is 22.7. The highest BCUT2D eigenvalue weighted by Crippen LogP contribution is 2.41. The van der Waals surface area contributed by atoms with Crippen LogP contribution in [0.5, 0.6) is 11.5 Å². The smallest absolute Gasteiger partial charge is 0.413 e. The average molecular weight is 1650 g/mol. The number of amides is 3. The largest absolute Gasteiger partial charge is 0.482 e. The second-order valence-electron chi connectivity index (χ2n) is 32.0. The van der Waals surface area contributed by atoms with Gasteiger partial charge < -0.3 is 29.7 Å². The topological polar surface area (TPSA) is 185 Å². The zero-order valence-corrected chi connectivity index (χ0v) is 73.3. The van der Waals surface area contributed by atoms with Crippen molar-refractivity contribution in [2.75, 3.05) is 37.2 Å². The minimum Gasteiger partial charge on any atom is -0.482 e. The van der Waals surface area contributed by atoms with Gasteiger partial charge in [-0.05, 0) is 96.7 Å². The second kappa shape index (κ2) is 57.0. The monoisotopic (exact) mass is 1650 g/mol. The molecule has 0 bridgehead atoms. The Balaban J connectivity index is 0.000000280. The summed E-state index contributed by atoms with van der Waals surface area (Å²) in [6.07, 6.45) is 69.3. The lowest BCUT2D eigenvalue weighted by molar-refractivity contribution is -0.120. The molecule has 0 unspecified atom stereocenters. The Labute approximate surface area is 698 Å². The molecular formula is C91H140Cl4F2N10O6. The van der Waals surface area contributed by atoms with E-state index in [0.717, 1.165) is 55.2 Å². The number of hydrogen-bond donors (Lipinski definition) is 2. The first-order valence-electron chi connectivity index (χ1n) is 43.5. The maximum atomic E-state index is 14.2. The molecule has 2 aliphatic rings. The predicted molar refractivity (Wildman–Crippen MR) is 466 cm³/mol. The van der Waals surface area contributed by atoms with Gasteiger partial charge in [0.15, 0.2) is 23.1 Å². The summed E-state index contributed by atoms with van der Waals surface area (Å²) >= 11 is 24.8. The van der Waals surface area contributed by atoms with Crippen molar-refractivity contribution in [2.45, 2.75) is 362 Å². The minimum absolute atomic E-state index is 0.0883. The molecule has 16 nitrogen and oxygen atoms in total. The van der Waals surface area contributed by atoms with Gasteiger partial charge in [0, 0.05) is 94.4 Å². The van der Waals surface area contributed by atoms with Gasteiger partial charge in [-0.1, -0.05) is 318 Å². The first-order valence-corrected chi connectivity index (χ1v) is 45.0. The van der Waals surface area contributed by atoms with Crippen LogP contribution in [0.4, 0.5) is 25.2 Å². The van der Waals surface area contributed by atoms with Crippen LogP contribution in [0.1, 0.15) is 367 Å². The fourth-order valence-electron chi connectivity index (χ4n) is 14.4. The maximum Gasteiger partial charge on any atom is 0.413 e. The molecule has 8 rings (SSSR count). The van der Waals surface area contributed by atoms with Gasteiger partial charge in [-0.2, -0.15) is 10.2 Å². The zero-order valence-electron chi connectivity index (χ0n) is 70.3. The zero-order chi connectivity index (χ0) is 82.0. The van der Waals surface area contributed by atoms with Crippen LogP contribution in [0, 0.1) is 11.6 Å². The summed E-state index contributed by atoms with van der Waals surface area (Å²) in [7, 11) is 0. The van der Waals surface area contributed by atoms with Gasteiger partial charge in [0.05, 0.1) is 34.5 Å². The van der Waals surface area contributed by atoms with E-state index in [1.165, 1.54) is 268 Å². The SMILES string of the molecule is CCCCCCCCCCCCCCCCCCCCC.CCCCCCCCCCCCCCCCCCCCC.C[C@@H](Oc1cc(-c2cnn(C3CCN(C=O)CC3)c2)cnc1N)c1c(Cl)ccc(F)c1Cl.C[C@@H](Oc1cc(-c2cnn(C3CCN(C=O)CC3)c2)cnc1NC(=O)OC(C)(C)C)c1c(Cl)ccc(F)c1Cl. The van der Waals surface area contributed by atoms with E-state index in [-0.39, 0.29) is 50.1 Å². The molecular weight excluding hydrogens is 1510 g/mol. The van der Waals surface area contributed by atoms with E-state index >= 15 is 0 Å². The molecule has 2 atom stereocenters. The summed E-state index contributed by atoms with van der Waals surface area (Å²) in [5, 5.41) is 11.9. The fourth-order valence-corrected chi connectivity index (χ4v) is 15.8. The number of pyridine rings is 2. The number of nitrogen functional groups attached to an aromatic ring is 1. The number of hydrogen-bond acceptors (Lipinski definition) is 11. The summed E-state index contributed by atoms with van der Waals surface area (Å²) in [6, 6.07) is 9.09. The number of ether oxygens (including phenoxy) is 3. The van der Waals surface area contributed by atoms with E-state index in [1.54, 1.807) is 81.3 Å². The average Bonchev–Trinajstić information content (AvgIpc) is 1.80. The highest BCUT2D eigenvalue weighted by atomic mass is 35.5. The lowest BCUT2D eigenvalue weighted by Gasteiger charge is -2.29. The molecule has 6 aromatic rings. The molecule has 0 aliphatic carbocycles. The molecule has 6 heterocycles. The van der Waals surface area contributed by atoms with Gasteiger partial charge in [-0.25, -0.2) is 23.5 Å². The van der Waals surface area contributed by atoms with Gasteiger partial charge in [-0.3, -0.25) is 24.3 Å². The molecule has 2 saturated heterocycles. The molecule has 4 aromatic heterocycles. The molecule has 113 heavy (non-hydrogen) atoms. The number of aromatic nitrogens is 6. The molecule has 22 heteroatoms. The number of anilines is 2. The van der Waals surface area contributed by atoms with Crippen molar-refractivity contribution in [3.05, 3.63) is 116 Å². The standard InChI is InChI=1S/C27H30Cl2FN5O4.C22H22Cl2FN5O2.2C21H44/c1-16(23-20(28)5-6-21(30)24(23)29)38-22-11-17(12-31-25(22)33-26(37)39-27(2,3)4)18-13-32-35(14-18)19-7-9-34(15-36)10-8-19;1-13(20-17(23)2-3-18(25)21(20)24)32-19-8-14(9-27-22(19)26)15-10-28-30(11-15)16-4-6-29(12-31)7-5-16;2*1-3-5-7-9-11-13-15-17-19-21-20-18-16-14-12-10-8-6-4-2/h5-6,11-16,19H,7-10H2,1-4H3,(H,31,33,37);2-3,8-13,16H,4-7H2,1H3,(H2,26,27);2*3-21H2,1-2H3/t16-;13-;;/m11../s1. The Morgan fingerprint density at radius 2 is 0.779 bits per heavy atom. The summed E-state index contributed by atoms with van der Waals surface area (Å²) in [4.78, 5) is 46.6. The molecule has 3 amide bonds. The Morgan fingerprint density at radius 1 is 0.478 bits per heavy atom. The summed E-state index contributed by atoms with van der Waals surface area (Å²) in [5.41, 5.74) is 8.99. The van der Waals surface area contributed by atoms with Gasteiger partial charge >= 0.3 is 6.09 Å². The van der Waals surface area contributed by atoms with Crippen LogP contribution in [0.25, 0.3) is 22.3 Å². The number of benzene rings is 2. The van der Waals surface area contributed by atoms with Crippen LogP contribution in [0.15, 0.2) is 73.6 Å². The lowest BCUT2D eigenvalue weighted by Crippen LogP contribution is -2.33. The number of unbranched alkanes of at least 4 members (excludes halogenated alkanes) is 36. The van der Waals surface area contributed by atoms with Gasteiger partial charge in [0.25, 0.3) is 0 Å². The summed E-state index contributed by atoms with van der Waals surface area (Å²) < 4.78 is 49.4. The summed E-state index contributed by atoms with van der Waals surface area (Å²) in [6.45, 7) is 20.6. The van der Waals surface area contributed by atoms with Gasteiger partial charge in [0.1, 0.15) is 29.4 Å². The molecule has 2 aliphatic heterocycles. The Morgan fingerprint density at radius 3 is 1.09 bits per heavy atom. The van der Waals surface area contributed by atoms with E-state index in [2.05, 4.69) is 53.2 Å². The third kappa shape index (κ3) is 38.2. The number of nitrogens with two attached hydrogens (primary N) is 1. The molecule has 3 N–H and O–H groups in total. The number of carbonyl (C=O) groups excluding carboxylic acids is 3. The number of nitrogens with zero attached hydrogens (tertiary/aromatic N) is 8. The highest BCUT2D eigenvalue weighted by Gasteiger charge is 2.27. The molecule has 2 aromatic carbocycles. The normalized spacial score (nSPS) is 13.8. The molecule has 0 spiro atoms. The Kier molecular flexibility index (Phi) is 49.1. The van der Waals surface area contributed by atoms with Crippen LogP contribution >= 0.6 is 46.4 Å². The number of likely N-dealkylation sites (tertiary alicyclic amines) is 2. The molecule has 632 valence electrons. The quantitative estimate of drug-likeness (QED) is 0.0210. The highest BCUT2D eigenvalue weighted by molar-refractivity contribution is 6.36. The van der Waals surface area contributed by atoms with Crippen LogP contribution in [0.2, 0.25) is 20.1 Å². The van der Waals surface area contributed by atoms with Crippen molar-refractivity contribution < 1.29 is 37.4 Å². The molecule has 0 saturated carbocycles. The van der Waals surface area contributed by atoms with Crippen molar-refractivity contribution >= 4 is 77.0 Å². The molecule has 2 fully saturated rings. The van der Waals surface area contributed by atoms with Crippen molar-refractivity contribution in [3.8, 4) is 33.8 Å². The maximum absolute atomic E-state index is 14.2. The van der Waals surface area contributed by atoms with Crippen molar-refractivity contribution in [1.82, 2.24) is 39.3 Å². The number of rotatable bonds is 49. The number of halogens is 6. The molecule has 0 radical (unpaired) electrons. The van der Waals surface area contributed by atoms with Crippen LogP contribution < -0.4 is 20.5 Å². The Bertz CT molecular complexity index is 3500. The number of carbonyl (C=O) groups is 3. The first-order chi connectivity index (χ1) is 54.6. The van der Waals surface area contributed by atoms with E-state index in [0.29, 0.717) is 48.1 Å². The first kappa shape index (κ1) is 97.4. The van der Waals surface area contributed by atoms with E-state index in [9.17, 15) is 23.2 Å². The van der Waals surface area contributed by atoms with Crippen LogP contribution in [-0.2, 0) is 14.3 Å². The predicted octanol–water partition coefficient (Wildman–Crippen LogP) is 28.5. The van der Waals surface area contributed by atoms with E-state index < -0.39 is 35.5 Å². The number of piperidine rings is 2. The van der Waals surface area contributed by atoms with Crippen molar-refractivity contribution in [1.29, 1.82) is 0 Å².